The lowest BCUT2D eigenvalue weighted by molar-refractivity contribution is -0.142. The van der Waals surface area contributed by atoms with Crippen LogP contribution < -0.4 is 10.1 Å². The van der Waals surface area contributed by atoms with E-state index in [2.05, 4.69) is 28.2 Å². The van der Waals surface area contributed by atoms with Crippen molar-refractivity contribution < 1.29 is 14.3 Å². The summed E-state index contributed by atoms with van der Waals surface area (Å²) in [5.74, 6) is -0.00627. The second-order valence-electron chi connectivity index (χ2n) is 8.77. The third kappa shape index (κ3) is 8.49. The zero-order valence-corrected chi connectivity index (χ0v) is 24.1. The molecule has 0 fully saturated rings. The smallest absolute Gasteiger partial charge is 0.261 e. The van der Waals surface area contributed by atoms with Crippen molar-refractivity contribution in [2.24, 2.45) is 0 Å². The normalized spacial score (nSPS) is 11.6. The average Bonchev–Trinajstić information content (AvgIpc) is 2.88. The molecule has 0 radical (unpaired) electrons. The second-order valence-corrected chi connectivity index (χ2v) is 10.4. The highest BCUT2D eigenvalue weighted by molar-refractivity contribution is 9.10. The molecular formula is C29H31BrCl2N2O3. The molecule has 0 saturated carbocycles. The zero-order valence-electron chi connectivity index (χ0n) is 21.0. The first-order chi connectivity index (χ1) is 17.8. The summed E-state index contributed by atoms with van der Waals surface area (Å²) in [6.45, 7) is 4.37. The summed E-state index contributed by atoms with van der Waals surface area (Å²) in [5, 5.41) is 3.86. The van der Waals surface area contributed by atoms with Crippen molar-refractivity contribution in [2.45, 2.75) is 45.7 Å². The van der Waals surface area contributed by atoms with Crippen LogP contribution in [0.25, 0.3) is 0 Å². The van der Waals surface area contributed by atoms with Crippen LogP contribution in [0.15, 0.2) is 71.2 Å². The second kappa shape index (κ2) is 14.4. The maximum Gasteiger partial charge on any atom is 0.261 e. The summed E-state index contributed by atoms with van der Waals surface area (Å²) >= 11 is 16.4. The van der Waals surface area contributed by atoms with Crippen molar-refractivity contribution >= 4 is 50.9 Å². The Labute approximate surface area is 237 Å². The molecule has 1 atom stereocenters. The molecule has 196 valence electrons. The molecule has 0 aliphatic rings. The summed E-state index contributed by atoms with van der Waals surface area (Å²) < 4.78 is 6.80. The molecule has 0 bridgehead atoms. The Kier molecular flexibility index (Phi) is 11.3. The van der Waals surface area contributed by atoms with E-state index >= 15 is 0 Å². The third-order valence-electron chi connectivity index (χ3n) is 5.98. The quantitative estimate of drug-likeness (QED) is 0.226. The molecule has 0 spiro atoms. The lowest BCUT2D eigenvalue weighted by atomic mass is 10.0. The van der Waals surface area contributed by atoms with E-state index in [1.54, 1.807) is 24.3 Å². The summed E-state index contributed by atoms with van der Waals surface area (Å²) in [6, 6.07) is 19.6. The van der Waals surface area contributed by atoms with Gasteiger partial charge in [-0.3, -0.25) is 9.59 Å². The predicted octanol–water partition coefficient (Wildman–Crippen LogP) is 7.00. The maximum atomic E-state index is 13.7. The molecule has 0 saturated heterocycles. The molecule has 0 aliphatic carbocycles. The maximum absolute atomic E-state index is 13.7. The molecule has 37 heavy (non-hydrogen) atoms. The van der Waals surface area contributed by atoms with Gasteiger partial charge in [0, 0.05) is 39.6 Å². The van der Waals surface area contributed by atoms with Crippen LogP contribution >= 0.6 is 39.1 Å². The number of unbranched alkanes of at least 4 members (excludes halogenated alkanes) is 1. The summed E-state index contributed by atoms with van der Waals surface area (Å²) in [5.41, 5.74) is 2.51. The van der Waals surface area contributed by atoms with Gasteiger partial charge in [-0.05, 0) is 54.8 Å². The number of benzene rings is 3. The highest BCUT2D eigenvalue weighted by Crippen LogP contribution is 2.28. The molecule has 0 aliphatic heterocycles. The summed E-state index contributed by atoms with van der Waals surface area (Å²) in [6.07, 6.45) is 2.13. The van der Waals surface area contributed by atoms with E-state index in [1.807, 2.05) is 49.4 Å². The van der Waals surface area contributed by atoms with Crippen LogP contribution in [0.1, 0.15) is 36.5 Å². The monoisotopic (exact) mass is 604 g/mol. The molecule has 3 aromatic rings. The fourth-order valence-corrected chi connectivity index (χ4v) is 4.61. The van der Waals surface area contributed by atoms with E-state index in [1.165, 1.54) is 4.90 Å². The molecule has 3 rings (SSSR count). The molecule has 0 heterocycles. The largest absolute Gasteiger partial charge is 0.484 e. The van der Waals surface area contributed by atoms with Crippen LogP contribution in [0, 0.1) is 6.92 Å². The number of carbonyl (C=O) groups excluding carboxylic acids is 2. The number of carbonyl (C=O) groups is 2. The number of hydrogen-bond donors (Lipinski definition) is 1. The number of hydrogen-bond acceptors (Lipinski definition) is 3. The minimum Gasteiger partial charge on any atom is -0.484 e. The molecule has 8 heteroatoms. The van der Waals surface area contributed by atoms with Crippen molar-refractivity contribution in [2.75, 3.05) is 13.2 Å². The average molecular weight is 606 g/mol. The number of halogens is 3. The number of nitrogens with one attached hydrogen (secondary N) is 1. The highest BCUT2D eigenvalue weighted by atomic mass is 79.9. The van der Waals surface area contributed by atoms with Crippen LogP contribution in [-0.2, 0) is 22.6 Å². The fraction of sp³-hybridized carbons (Fsp3) is 0.310. The first-order valence-electron chi connectivity index (χ1n) is 12.2. The van der Waals surface area contributed by atoms with Crippen molar-refractivity contribution in [1.29, 1.82) is 0 Å². The van der Waals surface area contributed by atoms with Gasteiger partial charge in [0.05, 0.1) is 0 Å². The zero-order chi connectivity index (χ0) is 26.8. The Morgan fingerprint density at radius 3 is 2.38 bits per heavy atom. The van der Waals surface area contributed by atoms with Gasteiger partial charge in [0.25, 0.3) is 5.91 Å². The van der Waals surface area contributed by atoms with E-state index in [-0.39, 0.29) is 25.0 Å². The van der Waals surface area contributed by atoms with Gasteiger partial charge in [0.15, 0.2) is 6.61 Å². The van der Waals surface area contributed by atoms with Crippen molar-refractivity contribution in [1.82, 2.24) is 10.2 Å². The molecular weight excluding hydrogens is 575 g/mol. The van der Waals surface area contributed by atoms with Crippen molar-refractivity contribution in [3.8, 4) is 5.75 Å². The van der Waals surface area contributed by atoms with Gasteiger partial charge in [0.2, 0.25) is 5.91 Å². The Morgan fingerprint density at radius 1 is 1.03 bits per heavy atom. The molecule has 5 nitrogen and oxygen atoms in total. The van der Waals surface area contributed by atoms with Crippen LogP contribution in [0.4, 0.5) is 0 Å². The fourth-order valence-electron chi connectivity index (χ4n) is 3.85. The van der Waals surface area contributed by atoms with Crippen molar-refractivity contribution in [3.63, 3.8) is 0 Å². The van der Waals surface area contributed by atoms with Gasteiger partial charge in [-0.15, -0.1) is 0 Å². The minimum absolute atomic E-state index is 0.0682. The Balaban J connectivity index is 1.93. The van der Waals surface area contributed by atoms with E-state index in [9.17, 15) is 9.59 Å². The van der Waals surface area contributed by atoms with Gasteiger partial charge in [0.1, 0.15) is 11.8 Å². The number of nitrogens with zero attached hydrogens (tertiary/aromatic N) is 1. The molecule has 0 unspecified atom stereocenters. The SMILES string of the molecule is CCCCNC(=O)[C@H](Cc1ccccc1)N(Cc1c(Cl)cccc1Cl)C(=O)COc1ccc(Br)c(C)c1. The first kappa shape index (κ1) is 29.0. The van der Waals surface area contributed by atoms with Gasteiger partial charge in [-0.25, -0.2) is 0 Å². The van der Waals surface area contributed by atoms with Crippen LogP contribution in [0.5, 0.6) is 5.75 Å². The summed E-state index contributed by atoms with van der Waals surface area (Å²) in [4.78, 5) is 28.7. The Hall–Kier alpha value is -2.54. The van der Waals surface area contributed by atoms with Crippen LogP contribution in [0.3, 0.4) is 0 Å². The van der Waals surface area contributed by atoms with Gasteiger partial charge in [-0.1, -0.05) is 88.9 Å². The van der Waals surface area contributed by atoms with E-state index in [0.717, 1.165) is 28.4 Å². The first-order valence-corrected chi connectivity index (χ1v) is 13.8. The predicted molar refractivity (Wildman–Crippen MR) is 153 cm³/mol. The van der Waals surface area contributed by atoms with Crippen LogP contribution in [-0.4, -0.2) is 35.9 Å². The lowest BCUT2D eigenvalue weighted by Crippen LogP contribution is -2.52. The van der Waals surface area contributed by atoms with E-state index in [4.69, 9.17) is 27.9 Å². The number of aryl methyl sites for hydroxylation is 1. The Morgan fingerprint density at radius 2 is 1.73 bits per heavy atom. The van der Waals surface area contributed by atoms with Gasteiger partial charge in [-0.2, -0.15) is 0 Å². The lowest BCUT2D eigenvalue weighted by Gasteiger charge is -2.32. The molecule has 2 amide bonds. The number of amides is 2. The topological polar surface area (TPSA) is 58.6 Å². The molecule has 3 aromatic carbocycles. The van der Waals surface area contributed by atoms with E-state index < -0.39 is 6.04 Å². The number of ether oxygens (including phenoxy) is 1. The highest BCUT2D eigenvalue weighted by Gasteiger charge is 2.31. The van der Waals surface area contributed by atoms with Gasteiger partial charge < -0.3 is 15.0 Å². The number of rotatable bonds is 12. The molecule has 1 N–H and O–H groups in total. The standard InChI is InChI=1S/C29H31BrCl2N2O3/c1-3-4-15-33-29(36)27(17-21-9-6-5-7-10-21)34(18-23-25(31)11-8-12-26(23)32)28(35)19-37-22-13-14-24(30)20(2)16-22/h5-14,16,27H,3-4,15,17-19H2,1-2H3,(H,33,36)/t27-/m0/s1. The minimum atomic E-state index is -0.783. The van der Waals surface area contributed by atoms with Crippen LogP contribution in [0.2, 0.25) is 10.0 Å². The third-order valence-corrected chi connectivity index (χ3v) is 7.58. The Bertz CT molecular complexity index is 1190. The molecule has 0 aromatic heterocycles. The van der Waals surface area contributed by atoms with Gasteiger partial charge >= 0.3 is 0 Å². The summed E-state index contributed by atoms with van der Waals surface area (Å²) in [7, 11) is 0. The van der Waals surface area contributed by atoms with Crippen molar-refractivity contribution in [3.05, 3.63) is 97.9 Å². The van der Waals surface area contributed by atoms with E-state index in [0.29, 0.717) is 34.3 Å².